The molecule has 0 aromatic heterocycles. The molecule has 156 valence electrons. The Balaban J connectivity index is 0.00000300. The molecule has 0 heterocycles. The first-order valence-electron chi connectivity index (χ1n) is 9.34. The highest BCUT2D eigenvalue weighted by atomic mass is 127. The van der Waals surface area contributed by atoms with Crippen LogP contribution < -0.4 is 20.7 Å². The van der Waals surface area contributed by atoms with E-state index in [-0.39, 0.29) is 42.2 Å². The van der Waals surface area contributed by atoms with Crippen LogP contribution in [0.3, 0.4) is 0 Å². The van der Waals surface area contributed by atoms with E-state index >= 15 is 0 Å². The van der Waals surface area contributed by atoms with Crippen molar-refractivity contribution in [2.75, 3.05) is 25.5 Å². The smallest absolute Gasteiger partial charge is 0.243 e. The molecular formula is C21H26FIN4O2. The largest absolute Gasteiger partial charge is 0.493 e. The van der Waals surface area contributed by atoms with Gasteiger partial charge in [0.15, 0.2) is 5.96 Å². The number of ether oxygens (including phenoxy) is 1. The molecule has 0 unspecified atom stereocenters. The van der Waals surface area contributed by atoms with Crippen LogP contribution >= 0.6 is 24.0 Å². The highest BCUT2D eigenvalue weighted by Crippen LogP contribution is 2.30. The van der Waals surface area contributed by atoms with Gasteiger partial charge in [0.05, 0.1) is 13.2 Å². The van der Waals surface area contributed by atoms with Crippen LogP contribution in [0.4, 0.5) is 10.1 Å². The number of rotatable bonds is 8. The topological polar surface area (TPSA) is 74.8 Å². The number of halogens is 2. The van der Waals surface area contributed by atoms with Crippen LogP contribution in [-0.2, 0) is 11.3 Å². The van der Waals surface area contributed by atoms with E-state index in [0.717, 1.165) is 17.9 Å². The van der Waals surface area contributed by atoms with Crippen molar-refractivity contribution in [1.29, 1.82) is 0 Å². The van der Waals surface area contributed by atoms with Gasteiger partial charge in [-0.25, -0.2) is 4.39 Å². The summed E-state index contributed by atoms with van der Waals surface area (Å²) in [6, 6.07) is 13.5. The molecule has 1 saturated carbocycles. The number of carbonyl (C=O) groups excluding carboxylic acids is 1. The first-order chi connectivity index (χ1) is 13.6. The van der Waals surface area contributed by atoms with Crippen molar-refractivity contribution in [3.63, 3.8) is 0 Å². The van der Waals surface area contributed by atoms with Gasteiger partial charge in [-0.2, -0.15) is 0 Å². The molecule has 0 bridgehead atoms. The van der Waals surface area contributed by atoms with Crippen molar-refractivity contribution in [3.05, 3.63) is 59.9 Å². The van der Waals surface area contributed by atoms with E-state index in [0.29, 0.717) is 24.1 Å². The molecule has 2 aromatic carbocycles. The quantitative estimate of drug-likeness (QED) is 0.288. The summed E-state index contributed by atoms with van der Waals surface area (Å²) in [6.07, 6.45) is 2.49. The minimum absolute atomic E-state index is 0. The summed E-state index contributed by atoms with van der Waals surface area (Å²) in [4.78, 5) is 16.2. The van der Waals surface area contributed by atoms with Gasteiger partial charge < -0.3 is 20.7 Å². The SMILES string of the molecule is CN=C(NCC(=O)Nc1ccc(F)cc1)NCc1ccccc1OCC1CC1.I. The molecular weight excluding hydrogens is 486 g/mol. The van der Waals surface area contributed by atoms with Crippen LogP contribution in [0.25, 0.3) is 0 Å². The first-order valence-corrected chi connectivity index (χ1v) is 9.34. The second-order valence-electron chi connectivity index (χ2n) is 6.70. The summed E-state index contributed by atoms with van der Waals surface area (Å²) in [5.41, 5.74) is 1.57. The lowest BCUT2D eigenvalue weighted by molar-refractivity contribution is -0.115. The highest BCUT2D eigenvalue weighted by Gasteiger charge is 2.22. The molecule has 1 aliphatic rings. The number of nitrogens with zero attached hydrogens (tertiary/aromatic N) is 1. The predicted octanol–water partition coefficient (Wildman–Crippen LogP) is 3.54. The Bertz CT molecular complexity index is 826. The average molecular weight is 512 g/mol. The van der Waals surface area contributed by atoms with E-state index in [2.05, 4.69) is 20.9 Å². The third-order valence-electron chi connectivity index (χ3n) is 4.36. The fourth-order valence-electron chi connectivity index (χ4n) is 2.58. The molecule has 2 aromatic rings. The van der Waals surface area contributed by atoms with Crippen molar-refractivity contribution in [2.24, 2.45) is 10.9 Å². The number of hydrogen-bond donors (Lipinski definition) is 3. The molecule has 1 fully saturated rings. The molecule has 0 saturated heterocycles. The summed E-state index contributed by atoms with van der Waals surface area (Å²) in [6.45, 7) is 1.32. The van der Waals surface area contributed by atoms with E-state index < -0.39 is 0 Å². The average Bonchev–Trinajstić information content (AvgIpc) is 3.53. The summed E-state index contributed by atoms with van der Waals surface area (Å²) in [5, 5.41) is 8.84. The predicted molar refractivity (Wildman–Crippen MR) is 123 cm³/mol. The van der Waals surface area contributed by atoms with Gasteiger partial charge in [0.1, 0.15) is 11.6 Å². The molecule has 3 rings (SSSR count). The summed E-state index contributed by atoms with van der Waals surface area (Å²) in [5.74, 6) is 1.47. The van der Waals surface area contributed by atoms with Gasteiger partial charge in [0.25, 0.3) is 0 Å². The Morgan fingerprint density at radius 1 is 1.14 bits per heavy atom. The molecule has 0 atom stereocenters. The van der Waals surface area contributed by atoms with Crippen LogP contribution in [-0.4, -0.2) is 32.1 Å². The van der Waals surface area contributed by atoms with Crippen LogP contribution in [0.15, 0.2) is 53.5 Å². The van der Waals surface area contributed by atoms with E-state index in [1.54, 1.807) is 7.05 Å². The summed E-state index contributed by atoms with van der Waals surface area (Å²) < 4.78 is 18.8. The van der Waals surface area contributed by atoms with Gasteiger partial charge in [0.2, 0.25) is 5.91 Å². The normalized spacial score (nSPS) is 13.2. The Hall–Kier alpha value is -2.36. The summed E-state index contributed by atoms with van der Waals surface area (Å²) in [7, 11) is 1.64. The Labute approximate surface area is 187 Å². The van der Waals surface area contributed by atoms with E-state index in [9.17, 15) is 9.18 Å². The van der Waals surface area contributed by atoms with Crippen molar-refractivity contribution >= 4 is 41.5 Å². The second-order valence-corrected chi connectivity index (χ2v) is 6.70. The lowest BCUT2D eigenvalue weighted by Gasteiger charge is -2.15. The zero-order valence-electron chi connectivity index (χ0n) is 16.3. The molecule has 1 aliphatic carbocycles. The third-order valence-corrected chi connectivity index (χ3v) is 4.36. The minimum Gasteiger partial charge on any atom is -0.493 e. The zero-order chi connectivity index (χ0) is 19.8. The fourth-order valence-corrected chi connectivity index (χ4v) is 2.58. The number of anilines is 1. The van der Waals surface area contributed by atoms with Crippen molar-refractivity contribution < 1.29 is 13.9 Å². The molecule has 0 spiro atoms. The number of hydrogen-bond acceptors (Lipinski definition) is 3. The van der Waals surface area contributed by atoms with Crippen molar-refractivity contribution in [2.45, 2.75) is 19.4 Å². The number of guanidine groups is 1. The van der Waals surface area contributed by atoms with Gasteiger partial charge >= 0.3 is 0 Å². The fraction of sp³-hybridized carbons (Fsp3) is 0.333. The summed E-state index contributed by atoms with van der Waals surface area (Å²) >= 11 is 0. The van der Waals surface area contributed by atoms with Gasteiger partial charge in [0, 0.05) is 24.8 Å². The lowest BCUT2D eigenvalue weighted by Crippen LogP contribution is -2.41. The van der Waals surface area contributed by atoms with Gasteiger partial charge in [-0.05, 0) is 49.1 Å². The molecule has 3 N–H and O–H groups in total. The monoisotopic (exact) mass is 512 g/mol. The highest BCUT2D eigenvalue weighted by molar-refractivity contribution is 14.0. The van der Waals surface area contributed by atoms with Crippen LogP contribution in [0.2, 0.25) is 0 Å². The maximum absolute atomic E-state index is 12.9. The standard InChI is InChI=1S/C21H25FN4O2.HI/c1-23-21(25-13-20(27)26-18-10-8-17(22)9-11-18)24-12-16-4-2-3-5-19(16)28-14-15-6-7-15;/h2-5,8-11,15H,6-7,12-14H2,1H3,(H,26,27)(H2,23,24,25);1H. The van der Waals surface area contributed by atoms with Crippen molar-refractivity contribution in [3.8, 4) is 5.75 Å². The van der Waals surface area contributed by atoms with Crippen molar-refractivity contribution in [1.82, 2.24) is 10.6 Å². The number of amides is 1. The number of para-hydroxylation sites is 1. The first kappa shape index (κ1) is 22.9. The number of nitrogens with one attached hydrogen (secondary N) is 3. The van der Waals surface area contributed by atoms with Crippen LogP contribution in [0.5, 0.6) is 5.75 Å². The van der Waals surface area contributed by atoms with Gasteiger partial charge in [-0.3, -0.25) is 9.79 Å². The Morgan fingerprint density at radius 2 is 1.86 bits per heavy atom. The zero-order valence-corrected chi connectivity index (χ0v) is 18.6. The molecule has 0 aliphatic heterocycles. The molecule has 0 radical (unpaired) electrons. The van der Waals surface area contributed by atoms with Gasteiger partial charge in [-0.1, -0.05) is 18.2 Å². The maximum atomic E-state index is 12.9. The Kier molecular flexibility index (Phi) is 9.17. The molecule has 29 heavy (non-hydrogen) atoms. The van der Waals surface area contributed by atoms with E-state index in [4.69, 9.17) is 4.74 Å². The lowest BCUT2D eigenvalue weighted by atomic mass is 10.2. The molecule has 1 amide bonds. The maximum Gasteiger partial charge on any atom is 0.243 e. The Morgan fingerprint density at radius 3 is 2.55 bits per heavy atom. The van der Waals surface area contributed by atoms with Gasteiger partial charge in [-0.15, -0.1) is 24.0 Å². The molecule has 6 nitrogen and oxygen atoms in total. The minimum atomic E-state index is -0.345. The number of carbonyl (C=O) groups is 1. The number of aliphatic imine (C=N–C) groups is 1. The second kappa shape index (κ2) is 11.6. The molecule has 8 heteroatoms. The van der Waals surface area contributed by atoms with Crippen LogP contribution in [0, 0.1) is 11.7 Å². The van der Waals surface area contributed by atoms with E-state index in [1.165, 1.54) is 37.1 Å². The van der Waals surface area contributed by atoms with Crippen LogP contribution in [0.1, 0.15) is 18.4 Å². The van der Waals surface area contributed by atoms with E-state index in [1.807, 2.05) is 24.3 Å². The number of benzene rings is 2. The third kappa shape index (κ3) is 7.88.